The van der Waals surface area contributed by atoms with E-state index in [9.17, 15) is 4.79 Å². The van der Waals surface area contributed by atoms with Gasteiger partial charge >= 0.3 is 0 Å². The van der Waals surface area contributed by atoms with Gasteiger partial charge in [-0.3, -0.25) is 9.69 Å². The summed E-state index contributed by atoms with van der Waals surface area (Å²) < 4.78 is 5.31. The molecular weight excluding hydrogens is 202 g/mol. The van der Waals surface area contributed by atoms with E-state index >= 15 is 0 Å². The molecule has 0 aromatic carbocycles. The summed E-state index contributed by atoms with van der Waals surface area (Å²) in [5.74, 6) is 0.471. The van der Waals surface area contributed by atoms with E-state index in [1.807, 2.05) is 0 Å². The highest BCUT2D eigenvalue weighted by atomic mass is 16.5. The SMILES string of the molecule is CCC(COC)N1C2CCCC1CC(=O)C2. The van der Waals surface area contributed by atoms with Crippen LogP contribution >= 0.6 is 0 Å². The predicted molar refractivity (Wildman–Crippen MR) is 63.5 cm³/mol. The van der Waals surface area contributed by atoms with E-state index in [0.717, 1.165) is 25.9 Å². The molecule has 0 radical (unpaired) electrons. The summed E-state index contributed by atoms with van der Waals surface area (Å²) in [5.41, 5.74) is 0. The molecule has 2 bridgehead atoms. The van der Waals surface area contributed by atoms with Gasteiger partial charge < -0.3 is 4.74 Å². The lowest BCUT2D eigenvalue weighted by Crippen LogP contribution is -2.57. The van der Waals surface area contributed by atoms with Crippen molar-refractivity contribution in [3.05, 3.63) is 0 Å². The molecule has 0 N–H and O–H groups in total. The molecular formula is C13H23NO2. The molecule has 0 aromatic heterocycles. The Balaban J connectivity index is 2.09. The molecule has 0 aliphatic carbocycles. The Kier molecular flexibility index (Phi) is 3.98. The maximum Gasteiger partial charge on any atom is 0.136 e. The van der Waals surface area contributed by atoms with Crippen LogP contribution in [-0.2, 0) is 9.53 Å². The summed E-state index contributed by atoms with van der Waals surface area (Å²) >= 11 is 0. The molecule has 2 rings (SSSR count). The maximum atomic E-state index is 11.6. The maximum absolute atomic E-state index is 11.6. The molecule has 92 valence electrons. The molecule has 2 aliphatic rings. The molecule has 3 unspecified atom stereocenters. The predicted octanol–water partition coefficient (Wildman–Crippen LogP) is 2.00. The van der Waals surface area contributed by atoms with Crippen LogP contribution in [0.15, 0.2) is 0 Å². The van der Waals surface area contributed by atoms with E-state index in [-0.39, 0.29) is 0 Å². The molecule has 2 aliphatic heterocycles. The molecule has 2 heterocycles. The van der Waals surface area contributed by atoms with Gasteiger partial charge in [-0.25, -0.2) is 0 Å². The van der Waals surface area contributed by atoms with E-state index in [1.54, 1.807) is 7.11 Å². The van der Waals surface area contributed by atoms with Crippen molar-refractivity contribution < 1.29 is 9.53 Å². The molecule has 0 aromatic rings. The van der Waals surface area contributed by atoms with E-state index in [0.29, 0.717) is 23.9 Å². The number of rotatable bonds is 4. The lowest BCUT2D eigenvalue weighted by atomic mass is 9.82. The van der Waals surface area contributed by atoms with Crippen LogP contribution in [0.3, 0.4) is 0 Å². The van der Waals surface area contributed by atoms with Crippen LogP contribution in [0.2, 0.25) is 0 Å². The van der Waals surface area contributed by atoms with E-state index < -0.39 is 0 Å². The summed E-state index contributed by atoms with van der Waals surface area (Å²) in [6.07, 6.45) is 6.36. The topological polar surface area (TPSA) is 29.5 Å². The summed E-state index contributed by atoms with van der Waals surface area (Å²) in [6.45, 7) is 3.02. The Morgan fingerprint density at radius 2 is 2.00 bits per heavy atom. The van der Waals surface area contributed by atoms with Gasteiger partial charge in [-0.2, -0.15) is 0 Å². The molecule has 16 heavy (non-hydrogen) atoms. The largest absolute Gasteiger partial charge is 0.383 e. The second-order valence-electron chi connectivity index (χ2n) is 5.15. The zero-order valence-electron chi connectivity index (χ0n) is 10.4. The van der Waals surface area contributed by atoms with E-state index in [1.165, 1.54) is 19.3 Å². The van der Waals surface area contributed by atoms with Crippen molar-refractivity contribution in [1.29, 1.82) is 0 Å². The summed E-state index contributed by atoms with van der Waals surface area (Å²) in [6, 6.07) is 1.51. The first-order chi connectivity index (χ1) is 7.76. The Hall–Kier alpha value is -0.410. The smallest absolute Gasteiger partial charge is 0.136 e. The van der Waals surface area contributed by atoms with Gasteiger partial charge in [-0.05, 0) is 19.3 Å². The average Bonchev–Trinajstić information content (AvgIpc) is 2.25. The fourth-order valence-electron chi connectivity index (χ4n) is 3.41. The molecule has 0 spiro atoms. The van der Waals surface area contributed by atoms with Crippen molar-refractivity contribution in [3.8, 4) is 0 Å². The molecule has 3 heteroatoms. The zero-order valence-corrected chi connectivity index (χ0v) is 10.4. The molecule has 2 saturated heterocycles. The number of ketones is 1. The third kappa shape index (κ3) is 2.30. The van der Waals surface area contributed by atoms with Crippen molar-refractivity contribution >= 4 is 5.78 Å². The first kappa shape index (κ1) is 12.1. The van der Waals surface area contributed by atoms with Gasteiger partial charge in [-0.15, -0.1) is 0 Å². The van der Waals surface area contributed by atoms with E-state index in [4.69, 9.17) is 4.74 Å². The summed E-state index contributed by atoms with van der Waals surface area (Å²) in [4.78, 5) is 14.2. The van der Waals surface area contributed by atoms with Gasteiger partial charge in [0.1, 0.15) is 5.78 Å². The number of piperidine rings is 2. The number of hydrogen-bond acceptors (Lipinski definition) is 3. The quantitative estimate of drug-likeness (QED) is 0.733. The number of ether oxygens (including phenoxy) is 1. The van der Waals surface area contributed by atoms with Gasteiger partial charge in [0.25, 0.3) is 0 Å². The zero-order chi connectivity index (χ0) is 11.5. The lowest BCUT2D eigenvalue weighted by molar-refractivity contribution is -0.129. The fourth-order valence-corrected chi connectivity index (χ4v) is 3.41. The third-order valence-electron chi connectivity index (χ3n) is 4.10. The molecule has 0 amide bonds. The van der Waals surface area contributed by atoms with Crippen LogP contribution in [-0.4, -0.2) is 42.5 Å². The van der Waals surface area contributed by atoms with Gasteiger partial charge in [0.2, 0.25) is 0 Å². The van der Waals surface area contributed by atoms with Gasteiger partial charge in [0.15, 0.2) is 0 Å². The highest BCUT2D eigenvalue weighted by Crippen LogP contribution is 2.34. The normalized spacial score (nSPS) is 32.8. The number of carbonyl (C=O) groups is 1. The Morgan fingerprint density at radius 3 is 2.50 bits per heavy atom. The minimum Gasteiger partial charge on any atom is -0.383 e. The summed E-state index contributed by atoms with van der Waals surface area (Å²) in [7, 11) is 1.77. The second kappa shape index (κ2) is 5.28. The van der Waals surface area contributed by atoms with Gasteiger partial charge in [0.05, 0.1) is 6.61 Å². The van der Waals surface area contributed by atoms with Crippen molar-refractivity contribution in [3.63, 3.8) is 0 Å². The molecule has 3 nitrogen and oxygen atoms in total. The Labute approximate surface area is 98.1 Å². The van der Waals surface area contributed by atoms with Crippen LogP contribution in [0.5, 0.6) is 0 Å². The van der Waals surface area contributed by atoms with Gasteiger partial charge in [0, 0.05) is 38.1 Å². The summed E-state index contributed by atoms with van der Waals surface area (Å²) in [5, 5.41) is 0. The molecule has 2 fully saturated rings. The lowest BCUT2D eigenvalue weighted by Gasteiger charge is -2.49. The number of hydrogen-bond donors (Lipinski definition) is 0. The fraction of sp³-hybridized carbons (Fsp3) is 0.923. The minimum absolute atomic E-state index is 0.471. The number of methoxy groups -OCH3 is 1. The van der Waals surface area contributed by atoms with Crippen LogP contribution in [0.25, 0.3) is 0 Å². The highest BCUT2D eigenvalue weighted by Gasteiger charge is 2.40. The monoisotopic (exact) mass is 225 g/mol. The Bertz CT molecular complexity index is 238. The van der Waals surface area contributed by atoms with Crippen LogP contribution in [0.4, 0.5) is 0 Å². The van der Waals surface area contributed by atoms with Gasteiger partial charge in [-0.1, -0.05) is 13.3 Å². The number of fused-ring (bicyclic) bond motifs is 2. The Morgan fingerprint density at radius 1 is 1.38 bits per heavy atom. The first-order valence-corrected chi connectivity index (χ1v) is 6.54. The average molecular weight is 225 g/mol. The van der Waals surface area contributed by atoms with Crippen molar-refractivity contribution in [2.24, 2.45) is 0 Å². The van der Waals surface area contributed by atoms with Crippen LogP contribution < -0.4 is 0 Å². The second-order valence-corrected chi connectivity index (χ2v) is 5.15. The highest BCUT2D eigenvalue weighted by molar-refractivity contribution is 5.80. The molecule has 3 atom stereocenters. The van der Waals surface area contributed by atoms with Crippen molar-refractivity contribution in [2.45, 2.75) is 63.6 Å². The number of carbonyl (C=O) groups excluding carboxylic acids is 1. The standard InChI is InChI=1S/C13H23NO2/c1-3-10(9-16-2)14-11-5-4-6-12(14)8-13(15)7-11/h10-12H,3-9H2,1-2H3. The van der Waals surface area contributed by atoms with Crippen LogP contribution in [0.1, 0.15) is 45.4 Å². The first-order valence-electron chi connectivity index (χ1n) is 6.54. The number of Topliss-reactive ketones (excluding diaryl/α,β-unsaturated/α-hetero) is 1. The van der Waals surface area contributed by atoms with Crippen LogP contribution in [0, 0.1) is 0 Å². The van der Waals surface area contributed by atoms with Crippen molar-refractivity contribution in [2.75, 3.05) is 13.7 Å². The third-order valence-corrected chi connectivity index (χ3v) is 4.10. The number of nitrogens with zero attached hydrogens (tertiary/aromatic N) is 1. The minimum atomic E-state index is 0.471. The molecule has 0 saturated carbocycles. The van der Waals surface area contributed by atoms with E-state index in [2.05, 4.69) is 11.8 Å². The van der Waals surface area contributed by atoms with Crippen molar-refractivity contribution in [1.82, 2.24) is 4.90 Å².